The number of ether oxygens (including phenoxy) is 1. The number of rotatable bonds is 3. The second-order valence-electron chi connectivity index (χ2n) is 6.18. The van der Waals surface area contributed by atoms with Crippen LogP contribution in [0, 0.1) is 0 Å². The van der Waals surface area contributed by atoms with Gasteiger partial charge in [-0.05, 0) is 60.5 Å². The SMILES string of the molecule is COc1cccc(C2CCC(n3ccc4c(Cl)nc(Cl)nc43)C2)c1. The van der Waals surface area contributed by atoms with Gasteiger partial charge in [-0.15, -0.1) is 0 Å². The molecule has 0 aliphatic heterocycles. The molecule has 2 atom stereocenters. The summed E-state index contributed by atoms with van der Waals surface area (Å²) in [7, 11) is 1.70. The number of methoxy groups -OCH3 is 1. The Kier molecular flexibility index (Phi) is 4.10. The molecule has 0 saturated heterocycles. The van der Waals surface area contributed by atoms with E-state index in [0.717, 1.165) is 36.0 Å². The molecule has 1 aromatic carbocycles. The number of halogens is 2. The molecule has 2 aromatic heterocycles. The molecule has 1 saturated carbocycles. The molecule has 1 aliphatic carbocycles. The van der Waals surface area contributed by atoms with Crippen LogP contribution in [0.5, 0.6) is 5.75 Å². The molecule has 0 spiro atoms. The Balaban J connectivity index is 1.63. The highest BCUT2D eigenvalue weighted by molar-refractivity contribution is 6.35. The van der Waals surface area contributed by atoms with Crippen molar-refractivity contribution in [2.75, 3.05) is 7.11 Å². The fourth-order valence-corrected chi connectivity index (χ4v) is 4.11. The van der Waals surface area contributed by atoms with Crippen LogP contribution < -0.4 is 4.74 Å². The molecular formula is C18H17Cl2N3O. The van der Waals surface area contributed by atoms with Crippen molar-refractivity contribution in [1.29, 1.82) is 0 Å². The van der Waals surface area contributed by atoms with Crippen molar-refractivity contribution < 1.29 is 4.74 Å². The van der Waals surface area contributed by atoms with E-state index in [-0.39, 0.29) is 5.28 Å². The minimum atomic E-state index is 0.190. The van der Waals surface area contributed by atoms with Crippen LogP contribution in [0.25, 0.3) is 11.0 Å². The molecule has 24 heavy (non-hydrogen) atoms. The second kappa shape index (κ2) is 6.26. The fourth-order valence-electron chi connectivity index (χ4n) is 3.67. The molecule has 3 aromatic rings. The Morgan fingerprint density at radius 1 is 1.17 bits per heavy atom. The van der Waals surface area contributed by atoms with Crippen LogP contribution in [0.4, 0.5) is 0 Å². The summed E-state index contributed by atoms with van der Waals surface area (Å²) in [5.74, 6) is 1.43. The number of fused-ring (bicyclic) bond motifs is 1. The Bertz CT molecular complexity index is 893. The third-order valence-electron chi connectivity index (χ3n) is 4.86. The molecule has 0 radical (unpaired) electrons. The topological polar surface area (TPSA) is 39.9 Å². The van der Waals surface area contributed by atoms with E-state index in [4.69, 9.17) is 27.9 Å². The maximum Gasteiger partial charge on any atom is 0.225 e. The van der Waals surface area contributed by atoms with Crippen LogP contribution in [0.1, 0.15) is 36.8 Å². The van der Waals surface area contributed by atoms with Gasteiger partial charge in [0.25, 0.3) is 0 Å². The molecule has 1 aliphatic rings. The lowest BCUT2D eigenvalue weighted by molar-refractivity contribution is 0.413. The van der Waals surface area contributed by atoms with Crippen molar-refractivity contribution in [1.82, 2.24) is 14.5 Å². The number of benzene rings is 1. The Hall–Kier alpha value is -1.78. The van der Waals surface area contributed by atoms with Crippen molar-refractivity contribution in [3.05, 3.63) is 52.5 Å². The molecule has 4 nitrogen and oxygen atoms in total. The van der Waals surface area contributed by atoms with Crippen LogP contribution in [-0.4, -0.2) is 21.6 Å². The van der Waals surface area contributed by atoms with E-state index in [1.165, 1.54) is 5.56 Å². The van der Waals surface area contributed by atoms with Crippen molar-refractivity contribution in [3.63, 3.8) is 0 Å². The summed E-state index contributed by atoms with van der Waals surface area (Å²) in [6.07, 6.45) is 5.35. The van der Waals surface area contributed by atoms with Crippen molar-refractivity contribution in [2.45, 2.75) is 31.2 Å². The van der Waals surface area contributed by atoms with Crippen molar-refractivity contribution >= 4 is 34.2 Å². The second-order valence-corrected chi connectivity index (χ2v) is 6.88. The molecule has 0 bridgehead atoms. The van der Waals surface area contributed by atoms with Crippen LogP contribution in [0.3, 0.4) is 0 Å². The van der Waals surface area contributed by atoms with Crippen LogP contribution in [-0.2, 0) is 0 Å². The van der Waals surface area contributed by atoms with Gasteiger partial charge in [-0.25, -0.2) is 4.98 Å². The molecule has 2 unspecified atom stereocenters. The zero-order valence-corrected chi connectivity index (χ0v) is 14.8. The summed E-state index contributed by atoms with van der Waals surface area (Å²) in [6.45, 7) is 0. The van der Waals surface area contributed by atoms with E-state index in [1.807, 2.05) is 18.3 Å². The minimum absolute atomic E-state index is 0.190. The minimum Gasteiger partial charge on any atom is -0.497 e. The van der Waals surface area contributed by atoms with Crippen LogP contribution >= 0.6 is 23.2 Å². The van der Waals surface area contributed by atoms with Crippen molar-refractivity contribution in [3.8, 4) is 5.75 Å². The molecule has 1 fully saturated rings. The maximum absolute atomic E-state index is 6.18. The molecule has 6 heteroatoms. The van der Waals surface area contributed by atoms with Crippen LogP contribution in [0.15, 0.2) is 36.5 Å². The normalized spacial score (nSPS) is 20.6. The highest BCUT2D eigenvalue weighted by atomic mass is 35.5. The van der Waals surface area contributed by atoms with Gasteiger partial charge >= 0.3 is 0 Å². The first-order valence-corrected chi connectivity index (χ1v) is 8.75. The summed E-state index contributed by atoms with van der Waals surface area (Å²) < 4.78 is 7.54. The van der Waals surface area contributed by atoms with Gasteiger partial charge < -0.3 is 9.30 Å². The quantitative estimate of drug-likeness (QED) is 0.472. The van der Waals surface area contributed by atoms with Gasteiger partial charge in [0.2, 0.25) is 5.28 Å². The average molecular weight is 362 g/mol. The number of nitrogens with zero attached hydrogens (tertiary/aromatic N) is 3. The number of hydrogen-bond donors (Lipinski definition) is 0. The monoisotopic (exact) mass is 361 g/mol. The van der Waals surface area contributed by atoms with Gasteiger partial charge in [0.05, 0.1) is 12.5 Å². The molecule has 2 heterocycles. The zero-order chi connectivity index (χ0) is 16.7. The smallest absolute Gasteiger partial charge is 0.225 e. The first kappa shape index (κ1) is 15.7. The number of aromatic nitrogens is 3. The van der Waals surface area contributed by atoms with E-state index < -0.39 is 0 Å². The lowest BCUT2D eigenvalue weighted by atomic mass is 9.97. The van der Waals surface area contributed by atoms with Gasteiger partial charge in [0, 0.05) is 12.2 Å². The average Bonchev–Trinajstić information content (AvgIpc) is 3.21. The summed E-state index contributed by atoms with van der Waals surface area (Å²) in [5.41, 5.74) is 2.15. The molecule has 0 amide bonds. The number of hydrogen-bond acceptors (Lipinski definition) is 3. The van der Waals surface area contributed by atoms with E-state index >= 15 is 0 Å². The van der Waals surface area contributed by atoms with E-state index in [0.29, 0.717) is 17.1 Å². The third-order valence-corrected chi connectivity index (χ3v) is 5.32. The third kappa shape index (κ3) is 2.74. The van der Waals surface area contributed by atoms with Crippen molar-refractivity contribution in [2.24, 2.45) is 0 Å². The predicted octanol–water partition coefficient (Wildman–Crippen LogP) is 5.26. The fraction of sp³-hybridized carbons (Fsp3) is 0.333. The highest BCUT2D eigenvalue weighted by Gasteiger charge is 2.28. The maximum atomic E-state index is 6.18. The molecular weight excluding hydrogens is 345 g/mol. The standard InChI is InChI=1S/C18H17Cl2N3O/c1-24-14-4-2-3-11(10-14)12-5-6-13(9-12)23-8-7-15-16(19)21-18(20)22-17(15)23/h2-4,7-8,10,12-13H,5-6,9H2,1H3. The van der Waals surface area contributed by atoms with E-state index in [1.54, 1.807) is 7.11 Å². The van der Waals surface area contributed by atoms with Gasteiger partial charge in [-0.1, -0.05) is 23.7 Å². The van der Waals surface area contributed by atoms with E-state index in [2.05, 4.69) is 32.7 Å². The van der Waals surface area contributed by atoms with Gasteiger partial charge in [-0.2, -0.15) is 4.98 Å². The first-order valence-electron chi connectivity index (χ1n) is 7.99. The zero-order valence-electron chi connectivity index (χ0n) is 13.2. The summed E-state index contributed by atoms with van der Waals surface area (Å²) >= 11 is 12.2. The van der Waals surface area contributed by atoms with Gasteiger partial charge in [-0.3, -0.25) is 0 Å². The Morgan fingerprint density at radius 2 is 2.04 bits per heavy atom. The molecule has 0 N–H and O–H groups in total. The first-order chi connectivity index (χ1) is 11.7. The summed E-state index contributed by atoms with van der Waals surface area (Å²) in [4.78, 5) is 8.39. The Labute approximate surface area is 150 Å². The predicted molar refractivity (Wildman–Crippen MR) is 96.2 cm³/mol. The lowest BCUT2D eigenvalue weighted by Gasteiger charge is -2.15. The van der Waals surface area contributed by atoms with Gasteiger partial charge in [0.15, 0.2) is 0 Å². The lowest BCUT2D eigenvalue weighted by Crippen LogP contribution is -2.05. The van der Waals surface area contributed by atoms with Crippen LogP contribution in [0.2, 0.25) is 10.4 Å². The van der Waals surface area contributed by atoms with Gasteiger partial charge in [0.1, 0.15) is 16.5 Å². The summed E-state index contributed by atoms with van der Waals surface area (Å²) in [6, 6.07) is 10.7. The Morgan fingerprint density at radius 3 is 2.88 bits per heavy atom. The molecule has 4 rings (SSSR count). The largest absolute Gasteiger partial charge is 0.497 e. The highest BCUT2D eigenvalue weighted by Crippen LogP contribution is 2.43. The molecule has 124 valence electrons. The summed E-state index contributed by atoms with van der Waals surface area (Å²) in [5, 5.41) is 1.45. The van der Waals surface area contributed by atoms with E-state index in [9.17, 15) is 0 Å².